The SMILES string of the molecule is CCN(CC)CCNC(=O)c1cccc(NS(=O)(=O)c2ccc(C)c(F)c2)c1. The van der Waals surface area contributed by atoms with Gasteiger partial charge in [0.1, 0.15) is 5.82 Å². The van der Waals surface area contributed by atoms with E-state index in [2.05, 4.69) is 28.8 Å². The highest BCUT2D eigenvalue weighted by molar-refractivity contribution is 7.92. The van der Waals surface area contributed by atoms with Gasteiger partial charge in [0.2, 0.25) is 0 Å². The van der Waals surface area contributed by atoms with Gasteiger partial charge in [-0.15, -0.1) is 0 Å². The van der Waals surface area contributed by atoms with Crippen molar-refractivity contribution in [3.8, 4) is 0 Å². The molecule has 0 spiro atoms. The van der Waals surface area contributed by atoms with Gasteiger partial charge in [-0.25, -0.2) is 12.8 Å². The van der Waals surface area contributed by atoms with Crippen LogP contribution in [0, 0.1) is 12.7 Å². The van der Waals surface area contributed by atoms with E-state index in [1.54, 1.807) is 19.1 Å². The van der Waals surface area contributed by atoms with Crippen molar-refractivity contribution in [2.24, 2.45) is 0 Å². The molecule has 0 aliphatic rings. The second-order valence-corrected chi connectivity index (χ2v) is 8.06. The third kappa shape index (κ3) is 5.77. The number of hydrogen-bond acceptors (Lipinski definition) is 4. The summed E-state index contributed by atoms with van der Waals surface area (Å²) in [7, 11) is -3.96. The Bertz CT molecular complexity index is 928. The molecule has 2 aromatic carbocycles. The lowest BCUT2D eigenvalue weighted by Gasteiger charge is -2.18. The summed E-state index contributed by atoms with van der Waals surface area (Å²) in [5.41, 5.74) is 0.939. The summed E-state index contributed by atoms with van der Waals surface area (Å²) < 4.78 is 41.0. The predicted molar refractivity (Wildman–Crippen MR) is 109 cm³/mol. The van der Waals surface area contributed by atoms with Crippen molar-refractivity contribution in [1.29, 1.82) is 0 Å². The maximum atomic E-state index is 13.7. The molecule has 6 nitrogen and oxygen atoms in total. The highest BCUT2D eigenvalue weighted by atomic mass is 32.2. The van der Waals surface area contributed by atoms with Crippen LogP contribution in [0.2, 0.25) is 0 Å². The second-order valence-electron chi connectivity index (χ2n) is 6.38. The number of likely N-dealkylation sites (N-methyl/N-ethyl adjacent to an activating group) is 1. The van der Waals surface area contributed by atoms with Crippen LogP contribution in [0.1, 0.15) is 29.8 Å². The molecule has 2 N–H and O–H groups in total. The molecule has 1 amide bonds. The maximum Gasteiger partial charge on any atom is 0.261 e. The minimum absolute atomic E-state index is 0.176. The van der Waals surface area contributed by atoms with Crippen molar-refractivity contribution in [2.75, 3.05) is 30.9 Å². The third-order valence-corrected chi connectivity index (χ3v) is 5.82. The molecule has 0 atom stereocenters. The molecular weight excluding hydrogens is 381 g/mol. The minimum atomic E-state index is -3.96. The highest BCUT2D eigenvalue weighted by Gasteiger charge is 2.16. The van der Waals surface area contributed by atoms with Gasteiger partial charge >= 0.3 is 0 Å². The summed E-state index contributed by atoms with van der Waals surface area (Å²) in [4.78, 5) is 14.3. The molecule has 8 heteroatoms. The monoisotopic (exact) mass is 407 g/mol. The van der Waals surface area contributed by atoms with Crippen LogP contribution in [0.15, 0.2) is 47.4 Å². The number of carbonyl (C=O) groups is 1. The molecule has 0 saturated carbocycles. The first-order valence-electron chi connectivity index (χ1n) is 9.16. The lowest BCUT2D eigenvalue weighted by atomic mass is 10.2. The Labute approximate surface area is 165 Å². The Hall–Kier alpha value is -2.45. The van der Waals surface area contributed by atoms with E-state index in [-0.39, 0.29) is 16.5 Å². The Morgan fingerprint density at radius 2 is 1.82 bits per heavy atom. The number of amides is 1. The van der Waals surface area contributed by atoms with Crippen LogP contribution in [0.3, 0.4) is 0 Å². The van der Waals surface area contributed by atoms with E-state index < -0.39 is 15.8 Å². The van der Waals surface area contributed by atoms with Gasteiger partial charge in [-0.3, -0.25) is 9.52 Å². The average molecular weight is 408 g/mol. The standard InChI is InChI=1S/C20H26FN3O3S/c1-4-24(5-2)12-11-22-20(25)16-7-6-8-17(13-16)23-28(26,27)18-10-9-15(3)19(21)14-18/h6-10,13-14,23H,4-5,11-12H2,1-3H3,(H,22,25). The molecule has 152 valence electrons. The van der Waals surface area contributed by atoms with Crippen molar-refractivity contribution in [1.82, 2.24) is 10.2 Å². The Morgan fingerprint density at radius 1 is 1.11 bits per heavy atom. The topological polar surface area (TPSA) is 78.5 Å². The van der Waals surface area contributed by atoms with Crippen LogP contribution < -0.4 is 10.0 Å². The Morgan fingerprint density at radius 3 is 2.46 bits per heavy atom. The number of rotatable bonds is 9. The summed E-state index contributed by atoms with van der Waals surface area (Å²) in [6, 6.07) is 9.90. The molecular formula is C20H26FN3O3S. The Kier molecular flexibility index (Phi) is 7.53. The van der Waals surface area contributed by atoms with Gasteiger partial charge in [0.25, 0.3) is 15.9 Å². The highest BCUT2D eigenvalue weighted by Crippen LogP contribution is 2.19. The number of benzene rings is 2. The third-order valence-electron chi connectivity index (χ3n) is 4.44. The number of hydrogen-bond donors (Lipinski definition) is 2. The van der Waals surface area contributed by atoms with E-state index in [0.717, 1.165) is 25.7 Å². The summed E-state index contributed by atoms with van der Waals surface area (Å²) >= 11 is 0. The second kappa shape index (κ2) is 9.66. The van der Waals surface area contributed by atoms with Crippen molar-refractivity contribution in [3.05, 3.63) is 59.4 Å². The summed E-state index contributed by atoms with van der Waals surface area (Å²) in [6.45, 7) is 8.72. The number of anilines is 1. The van der Waals surface area contributed by atoms with Gasteiger partial charge in [-0.2, -0.15) is 0 Å². The van der Waals surface area contributed by atoms with Crippen LogP contribution in [0.5, 0.6) is 0 Å². The lowest BCUT2D eigenvalue weighted by Crippen LogP contribution is -2.34. The van der Waals surface area contributed by atoms with E-state index in [1.165, 1.54) is 24.3 Å². The fourth-order valence-electron chi connectivity index (χ4n) is 2.65. The number of nitrogens with zero attached hydrogens (tertiary/aromatic N) is 1. The number of aryl methyl sites for hydroxylation is 1. The van der Waals surface area contributed by atoms with Gasteiger partial charge in [0, 0.05) is 24.3 Å². The molecule has 0 fully saturated rings. The zero-order valence-electron chi connectivity index (χ0n) is 16.3. The van der Waals surface area contributed by atoms with E-state index in [9.17, 15) is 17.6 Å². The number of halogens is 1. The first-order valence-corrected chi connectivity index (χ1v) is 10.6. The summed E-state index contributed by atoms with van der Waals surface area (Å²) in [6.07, 6.45) is 0. The van der Waals surface area contributed by atoms with Crippen molar-refractivity contribution in [3.63, 3.8) is 0 Å². The van der Waals surface area contributed by atoms with Crippen LogP contribution in [-0.2, 0) is 10.0 Å². The van der Waals surface area contributed by atoms with Crippen LogP contribution in [0.4, 0.5) is 10.1 Å². The van der Waals surface area contributed by atoms with Crippen molar-refractivity contribution >= 4 is 21.6 Å². The number of nitrogens with one attached hydrogen (secondary N) is 2. The summed E-state index contributed by atoms with van der Waals surface area (Å²) in [5, 5.41) is 2.83. The molecule has 0 saturated heterocycles. The van der Waals surface area contributed by atoms with Crippen molar-refractivity contribution < 1.29 is 17.6 Å². The molecule has 0 aliphatic carbocycles. The first kappa shape index (κ1) is 21.8. The summed E-state index contributed by atoms with van der Waals surface area (Å²) in [5.74, 6) is -0.876. The van der Waals surface area contributed by atoms with E-state index in [1.807, 2.05) is 0 Å². The van der Waals surface area contributed by atoms with Gasteiger partial charge in [-0.05, 0) is 55.9 Å². The minimum Gasteiger partial charge on any atom is -0.351 e. The molecule has 0 aromatic heterocycles. The van der Waals surface area contributed by atoms with E-state index in [0.29, 0.717) is 17.7 Å². The molecule has 0 aliphatic heterocycles. The average Bonchev–Trinajstić information content (AvgIpc) is 2.67. The molecule has 28 heavy (non-hydrogen) atoms. The van der Waals surface area contributed by atoms with Gasteiger partial charge < -0.3 is 10.2 Å². The fourth-order valence-corrected chi connectivity index (χ4v) is 3.71. The smallest absolute Gasteiger partial charge is 0.261 e. The molecule has 0 radical (unpaired) electrons. The molecule has 0 unspecified atom stereocenters. The van der Waals surface area contributed by atoms with Crippen molar-refractivity contribution in [2.45, 2.75) is 25.7 Å². The van der Waals surface area contributed by atoms with Crippen LogP contribution in [0.25, 0.3) is 0 Å². The quantitative estimate of drug-likeness (QED) is 0.670. The zero-order chi connectivity index (χ0) is 20.7. The van der Waals surface area contributed by atoms with Gasteiger partial charge in [0.15, 0.2) is 0 Å². The lowest BCUT2D eigenvalue weighted by molar-refractivity contribution is 0.0949. The van der Waals surface area contributed by atoms with Crippen LogP contribution >= 0.6 is 0 Å². The predicted octanol–water partition coefficient (Wildman–Crippen LogP) is 3.01. The molecule has 0 heterocycles. The van der Waals surface area contributed by atoms with Gasteiger partial charge in [-0.1, -0.05) is 26.0 Å². The first-order chi connectivity index (χ1) is 13.3. The zero-order valence-corrected chi connectivity index (χ0v) is 17.1. The Balaban J connectivity index is 2.07. The van der Waals surface area contributed by atoms with Gasteiger partial charge in [0.05, 0.1) is 4.90 Å². The number of carbonyl (C=O) groups excluding carboxylic acids is 1. The molecule has 0 bridgehead atoms. The van der Waals surface area contributed by atoms with Crippen LogP contribution in [-0.4, -0.2) is 45.4 Å². The van der Waals surface area contributed by atoms with E-state index >= 15 is 0 Å². The molecule has 2 rings (SSSR count). The normalized spacial score (nSPS) is 11.5. The maximum absolute atomic E-state index is 13.7. The fraction of sp³-hybridized carbons (Fsp3) is 0.350. The van der Waals surface area contributed by atoms with E-state index in [4.69, 9.17) is 0 Å². The molecule has 2 aromatic rings. The largest absolute Gasteiger partial charge is 0.351 e. The number of sulfonamides is 1.